The van der Waals surface area contributed by atoms with Crippen molar-refractivity contribution in [3.8, 4) is 0 Å². The van der Waals surface area contributed by atoms with Crippen LogP contribution in [0.4, 0.5) is 0 Å². The van der Waals surface area contributed by atoms with Crippen molar-refractivity contribution in [3.05, 3.63) is 20.8 Å². The molecule has 0 saturated heterocycles. The van der Waals surface area contributed by atoms with Gasteiger partial charge in [-0.25, -0.2) is 0 Å². The molecule has 3 nitrogen and oxygen atoms in total. The molecule has 1 rings (SSSR count). The van der Waals surface area contributed by atoms with Crippen LogP contribution in [0.15, 0.2) is 15.2 Å². The largest absolute Gasteiger partial charge is 0.480 e. The first-order valence-electron chi connectivity index (χ1n) is 4.16. The van der Waals surface area contributed by atoms with Crippen molar-refractivity contribution < 1.29 is 9.90 Å². The summed E-state index contributed by atoms with van der Waals surface area (Å²) < 4.78 is 1.07. The lowest BCUT2D eigenvalue weighted by molar-refractivity contribution is -0.142. The maximum atomic E-state index is 10.7. The van der Waals surface area contributed by atoms with E-state index in [9.17, 15) is 4.79 Å². The molecule has 0 bridgehead atoms. The number of halogens is 1. The zero-order chi connectivity index (χ0) is 10.7. The summed E-state index contributed by atoms with van der Waals surface area (Å²) in [6.45, 7) is 2.35. The molecule has 0 aromatic carbocycles. The fourth-order valence-corrected chi connectivity index (χ4v) is 2.24. The van der Waals surface area contributed by atoms with Gasteiger partial charge in [0.25, 0.3) is 0 Å². The van der Waals surface area contributed by atoms with Crippen LogP contribution in [0.1, 0.15) is 12.5 Å². The second kappa shape index (κ2) is 4.91. The van der Waals surface area contributed by atoms with Crippen LogP contribution in [-0.2, 0) is 11.3 Å². The number of carboxylic acid groups (broad SMARTS) is 1. The Morgan fingerprint density at radius 2 is 2.43 bits per heavy atom. The molecule has 1 heterocycles. The minimum atomic E-state index is -0.790. The number of thiophene rings is 1. The predicted octanol–water partition coefficient (Wildman–Crippen LogP) is 2.42. The monoisotopic (exact) mass is 277 g/mol. The highest BCUT2D eigenvalue weighted by atomic mass is 79.9. The maximum absolute atomic E-state index is 10.7. The third kappa shape index (κ3) is 3.08. The van der Waals surface area contributed by atoms with E-state index in [4.69, 9.17) is 5.11 Å². The molecule has 0 spiro atoms. The SMILES string of the molecule is CC(C(=O)O)N(C)Cc1csc(Br)c1. The van der Waals surface area contributed by atoms with E-state index in [-0.39, 0.29) is 0 Å². The number of aliphatic carboxylic acids is 1. The molecule has 1 unspecified atom stereocenters. The standard InChI is InChI=1S/C9H12BrNO2S/c1-6(9(12)13)11(2)4-7-3-8(10)14-5-7/h3,5-6H,4H2,1-2H3,(H,12,13). The summed E-state index contributed by atoms with van der Waals surface area (Å²) in [6, 6.07) is 1.56. The van der Waals surface area contributed by atoms with E-state index in [0.717, 1.165) is 9.35 Å². The first kappa shape index (κ1) is 11.7. The summed E-state index contributed by atoms with van der Waals surface area (Å²) in [4.78, 5) is 12.5. The summed E-state index contributed by atoms with van der Waals surface area (Å²) in [5.74, 6) is -0.790. The first-order valence-corrected chi connectivity index (χ1v) is 5.84. The summed E-state index contributed by atoms with van der Waals surface area (Å²) in [5.41, 5.74) is 1.14. The molecule has 1 N–H and O–H groups in total. The number of rotatable bonds is 4. The zero-order valence-corrected chi connectivity index (χ0v) is 10.4. The Labute approximate surface area is 95.5 Å². The molecule has 0 aliphatic rings. The van der Waals surface area contributed by atoms with Gasteiger partial charge in [0.1, 0.15) is 6.04 Å². The van der Waals surface area contributed by atoms with Gasteiger partial charge >= 0.3 is 5.97 Å². The van der Waals surface area contributed by atoms with Crippen molar-refractivity contribution in [3.63, 3.8) is 0 Å². The van der Waals surface area contributed by atoms with Gasteiger partial charge in [0.05, 0.1) is 3.79 Å². The normalized spacial score (nSPS) is 13.1. The lowest BCUT2D eigenvalue weighted by Gasteiger charge is -2.20. The smallest absolute Gasteiger partial charge is 0.320 e. The fraction of sp³-hybridized carbons (Fsp3) is 0.444. The Balaban J connectivity index is 2.56. The van der Waals surface area contributed by atoms with E-state index in [0.29, 0.717) is 6.54 Å². The van der Waals surface area contributed by atoms with Gasteiger partial charge in [0.2, 0.25) is 0 Å². The lowest BCUT2D eigenvalue weighted by atomic mass is 10.2. The highest BCUT2D eigenvalue weighted by Gasteiger charge is 2.16. The summed E-state index contributed by atoms with van der Waals surface area (Å²) in [7, 11) is 1.81. The minimum absolute atomic E-state index is 0.450. The number of likely N-dealkylation sites (N-methyl/N-ethyl adjacent to an activating group) is 1. The fourth-order valence-electron chi connectivity index (χ4n) is 1.04. The van der Waals surface area contributed by atoms with Crippen LogP contribution in [0.2, 0.25) is 0 Å². The van der Waals surface area contributed by atoms with Crippen LogP contribution < -0.4 is 0 Å². The van der Waals surface area contributed by atoms with Crippen LogP contribution in [0.25, 0.3) is 0 Å². The van der Waals surface area contributed by atoms with E-state index in [2.05, 4.69) is 15.9 Å². The molecule has 14 heavy (non-hydrogen) atoms. The minimum Gasteiger partial charge on any atom is -0.480 e. The van der Waals surface area contributed by atoms with Crippen LogP contribution in [0, 0.1) is 0 Å². The van der Waals surface area contributed by atoms with Crippen LogP contribution >= 0.6 is 27.3 Å². The van der Waals surface area contributed by atoms with Crippen LogP contribution in [0.5, 0.6) is 0 Å². The highest BCUT2D eigenvalue weighted by Crippen LogP contribution is 2.21. The van der Waals surface area contributed by atoms with Gasteiger partial charge < -0.3 is 5.11 Å². The number of hydrogen-bond acceptors (Lipinski definition) is 3. The zero-order valence-electron chi connectivity index (χ0n) is 8.03. The highest BCUT2D eigenvalue weighted by molar-refractivity contribution is 9.11. The van der Waals surface area contributed by atoms with Crippen molar-refractivity contribution in [1.29, 1.82) is 0 Å². The van der Waals surface area contributed by atoms with Gasteiger partial charge in [-0.15, -0.1) is 11.3 Å². The number of carbonyl (C=O) groups is 1. The van der Waals surface area contributed by atoms with Crippen molar-refractivity contribution in [1.82, 2.24) is 4.90 Å². The van der Waals surface area contributed by atoms with E-state index < -0.39 is 12.0 Å². The molecule has 0 saturated carbocycles. The molecule has 1 atom stereocenters. The van der Waals surface area contributed by atoms with E-state index in [1.165, 1.54) is 0 Å². The Bertz CT molecular complexity index is 326. The second-order valence-corrected chi connectivity index (χ2v) is 5.48. The molecule has 0 amide bonds. The molecule has 0 aliphatic heterocycles. The van der Waals surface area contributed by atoms with E-state index >= 15 is 0 Å². The average molecular weight is 278 g/mol. The Morgan fingerprint density at radius 1 is 1.79 bits per heavy atom. The molecule has 0 fully saturated rings. The van der Waals surface area contributed by atoms with Gasteiger partial charge in [0, 0.05) is 6.54 Å². The van der Waals surface area contributed by atoms with Crippen molar-refractivity contribution in [2.75, 3.05) is 7.05 Å². The molecule has 0 aliphatic carbocycles. The first-order chi connectivity index (χ1) is 6.50. The summed E-state index contributed by atoms with van der Waals surface area (Å²) in [6.07, 6.45) is 0. The Hall–Kier alpha value is -0.390. The molecule has 1 aromatic rings. The average Bonchev–Trinajstić information content (AvgIpc) is 2.49. The van der Waals surface area contributed by atoms with E-state index in [1.807, 2.05) is 18.5 Å². The van der Waals surface area contributed by atoms with Gasteiger partial charge in [-0.3, -0.25) is 9.69 Å². The Kier molecular flexibility index (Phi) is 4.10. The molecular formula is C9H12BrNO2S. The van der Waals surface area contributed by atoms with Gasteiger partial charge in [-0.2, -0.15) is 0 Å². The van der Waals surface area contributed by atoms with Crippen molar-refractivity contribution in [2.45, 2.75) is 19.5 Å². The molecule has 5 heteroatoms. The molecular weight excluding hydrogens is 266 g/mol. The van der Waals surface area contributed by atoms with Gasteiger partial charge in [0.15, 0.2) is 0 Å². The summed E-state index contributed by atoms with van der Waals surface area (Å²) >= 11 is 4.98. The molecule has 0 radical (unpaired) electrons. The number of carboxylic acids is 1. The second-order valence-electron chi connectivity index (χ2n) is 3.19. The lowest BCUT2D eigenvalue weighted by Crippen LogP contribution is -2.35. The van der Waals surface area contributed by atoms with Gasteiger partial charge in [-0.1, -0.05) is 0 Å². The van der Waals surface area contributed by atoms with E-state index in [1.54, 1.807) is 23.2 Å². The Morgan fingerprint density at radius 3 is 2.86 bits per heavy atom. The van der Waals surface area contributed by atoms with Crippen molar-refractivity contribution >= 4 is 33.2 Å². The summed E-state index contributed by atoms with van der Waals surface area (Å²) in [5, 5.41) is 10.8. The number of hydrogen-bond donors (Lipinski definition) is 1. The van der Waals surface area contributed by atoms with Crippen molar-refractivity contribution in [2.24, 2.45) is 0 Å². The van der Waals surface area contributed by atoms with Gasteiger partial charge in [-0.05, 0) is 46.9 Å². The predicted molar refractivity (Wildman–Crippen MR) is 60.6 cm³/mol. The maximum Gasteiger partial charge on any atom is 0.320 e. The van der Waals surface area contributed by atoms with Crippen LogP contribution in [-0.4, -0.2) is 29.1 Å². The third-order valence-electron chi connectivity index (χ3n) is 2.07. The third-order valence-corrected chi connectivity index (χ3v) is 3.63. The van der Waals surface area contributed by atoms with Crippen LogP contribution in [0.3, 0.4) is 0 Å². The molecule has 1 aromatic heterocycles. The quantitative estimate of drug-likeness (QED) is 0.919. The number of nitrogens with zero attached hydrogens (tertiary/aromatic N) is 1. The molecule has 78 valence electrons. The topological polar surface area (TPSA) is 40.5 Å².